The van der Waals surface area contributed by atoms with E-state index in [0.29, 0.717) is 42.8 Å². The number of aryl methyl sites for hydroxylation is 2. The summed E-state index contributed by atoms with van der Waals surface area (Å²) in [5.74, 6) is 1.03. The van der Waals surface area contributed by atoms with Crippen LogP contribution in [-0.2, 0) is 24.9 Å². The minimum absolute atomic E-state index is 0.229. The van der Waals surface area contributed by atoms with Crippen LogP contribution in [0.1, 0.15) is 19.4 Å². The highest BCUT2D eigenvalue weighted by Crippen LogP contribution is 2.32. The molecule has 1 aliphatic rings. The van der Waals surface area contributed by atoms with E-state index < -0.39 is 0 Å². The molecule has 0 unspecified atom stereocenters. The first-order valence-electron chi connectivity index (χ1n) is 10.0. The highest BCUT2D eigenvalue weighted by atomic mass is 16.5. The van der Waals surface area contributed by atoms with Crippen LogP contribution in [0, 0.1) is 12.8 Å². The fourth-order valence-electron chi connectivity index (χ4n) is 3.94. The molecule has 0 amide bonds. The standard InChI is InChI=1S/C21H27N5O3/c1-5-29-11-10-24-19(27)17-18(23(4)21(24)28)22-20-25(12-15(3)13-26(17)20)16-8-6-14(2)7-9-16/h6-9,15H,5,10-13H2,1-4H3/t15-/m1/s1. The van der Waals surface area contributed by atoms with Gasteiger partial charge < -0.3 is 14.2 Å². The Morgan fingerprint density at radius 1 is 1.17 bits per heavy atom. The van der Waals surface area contributed by atoms with Crippen LogP contribution in [0.5, 0.6) is 0 Å². The zero-order valence-electron chi connectivity index (χ0n) is 17.4. The summed E-state index contributed by atoms with van der Waals surface area (Å²) in [5, 5.41) is 0. The van der Waals surface area contributed by atoms with Gasteiger partial charge in [-0.15, -0.1) is 0 Å². The summed E-state index contributed by atoms with van der Waals surface area (Å²) in [4.78, 5) is 32.9. The molecule has 2 aromatic heterocycles. The Bertz CT molecular complexity index is 1160. The summed E-state index contributed by atoms with van der Waals surface area (Å²) in [6.07, 6.45) is 0. The van der Waals surface area contributed by atoms with Crippen molar-refractivity contribution in [3.05, 3.63) is 50.7 Å². The second kappa shape index (κ2) is 7.51. The molecular formula is C21H27N5O3. The van der Waals surface area contributed by atoms with Gasteiger partial charge in [0.15, 0.2) is 11.2 Å². The zero-order chi connectivity index (χ0) is 20.7. The molecule has 29 heavy (non-hydrogen) atoms. The molecule has 4 rings (SSSR count). The molecule has 0 saturated carbocycles. The molecule has 0 spiro atoms. The maximum atomic E-state index is 13.2. The van der Waals surface area contributed by atoms with E-state index in [-0.39, 0.29) is 17.8 Å². The molecule has 1 atom stereocenters. The van der Waals surface area contributed by atoms with Crippen molar-refractivity contribution in [2.24, 2.45) is 13.0 Å². The zero-order valence-corrected chi connectivity index (χ0v) is 17.4. The highest BCUT2D eigenvalue weighted by molar-refractivity contribution is 5.77. The summed E-state index contributed by atoms with van der Waals surface area (Å²) in [6.45, 7) is 8.69. The van der Waals surface area contributed by atoms with Gasteiger partial charge in [0.2, 0.25) is 5.95 Å². The molecule has 8 nitrogen and oxygen atoms in total. The number of nitrogens with zero attached hydrogens (tertiary/aromatic N) is 5. The third-order valence-corrected chi connectivity index (χ3v) is 5.45. The van der Waals surface area contributed by atoms with Crippen LogP contribution in [0.3, 0.4) is 0 Å². The van der Waals surface area contributed by atoms with Gasteiger partial charge in [-0.05, 0) is 31.9 Å². The topological polar surface area (TPSA) is 74.3 Å². The molecule has 3 aromatic rings. The molecule has 8 heteroatoms. The van der Waals surface area contributed by atoms with Gasteiger partial charge in [0.1, 0.15) is 0 Å². The SMILES string of the molecule is CCOCCn1c(=O)c2c(nc3n2C[C@H](C)CN3c2ccc(C)cc2)n(C)c1=O. The van der Waals surface area contributed by atoms with Crippen molar-refractivity contribution >= 4 is 22.8 Å². The monoisotopic (exact) mass is 397 g/mol. The summed E-state index contributed by atoms with van der Waals surface area (Å²) in [6, 6.07) is 8.27. The molecule has 3 heterocycles. The van der Waals surface area contributed by atoms with E-state index in [4.69, 9.17) is 9.72 Å². The van der Waals surface area contributed by atoms with E-state index in [1.54, 1.807) is 7.05 Å². The van der Waals surface area contributed by atoms with Gasteiger partial charge in [0.05, 0.1) is 13.2 Å². The first-order valence-corrected chi connectivity index (χ1v) is 10.0. The van der Waals surface area contributed by atoms with E-state index in [1.165, 1.54) is 14.7 Å². The molecular weight excluding hydrogens is 370 g/mol. The average Bonchev–Trinajstić information content (AvgIpc) is 3.08. The van der Waals surface area contributed by atoms with Crippen molar-refractivity contribution in [1.29, 1.82) is 0 Å². The van der Waals surface area contributed by atoms with Gasteiger partial charge in [0, 0.05) is 32.4 Å². The molecule has 1 aromatic carbocycles. The number of imidazole rings is 1. The third-order valence-electron chi connectivity index (χ3n) is 5.45. The lowest BCUT2D eigenvalue weighted by Gasteiger charge is -2.33. The van der Waals surface area contributed by atoms with Crippen molar-refractivity contribution in [3.63, 3.8) is 0 Å². The van der Waals surface area contributed by atoms with Gasteiger partial charge >= 0.3 is 5.69 Å². The van der Waals surface area contributed by atoms with Crippen LogP contribution < -0.4 is 16.1 Å². The third kappa shape index (κ3) is 3.27. The van der Waals surface area contributed by atoms with Crippen LogP contribution in [0.25, 0.3) is 11.2 Å². The number of aromatic nitrogens is 4. The quantitative estimate of drug-likeness (QED) is 0.616. The molecule has 0 radical (unpaired) electrons. The Balaban J connectivity index is 1.91. The van der Waals surface area contributed by atoms with E-state index in [1.807, 2.05) is 11.5 Å². The molecule has 0 fully saturated rings. The van der Waals surface area contributed by atoms with Gasteiger partial charge in [-0.1, -0.05) is 24.6 Å². The average molecular weight is 397 g/mol. The van der Waals surface area contributed by atoms with E-state index in [2.05, 4.69) is 43.0 Å². The fourth-order valence-corrected chi connectivity index (χ4v) is 3.94. The summed E-state index contributed by atoms with van der Waals surface area (Å²) < 4.78 is 10.0. The normalized spacial score (nSPS) is 16.4. The smallest absolute Gasteiger partial charge is 0.332 e. The number of ether oxygens (including phenoxy) is 1. The second-order valence-electron chi connectivity index (χ2n) is 7.74. The number of anilines is 2. The second-order valence-corrected chi connectivity index (χ2v) is 7.74. The van der Waals surface area contributed by atoms with Crippen molar-refractivity contribution in [2.75, 3.05) is 24.7 Å². The number of benzene rings is 1. The molecule has 0 saturated heterocycles. The molecule has 1 aliphatic heterocycles. The Kier molecular flexibility index (Phi) is 5.04. The van der Waals surface area contributed by atoms with Gasteiger partial charge in [-0.25, -0.2) is 4.79 Å². The van der Waals surface area contributed by atoms with E-state index in [0.717, 1.165) is 12.2 Å². The predicted octanol–water partition coefficient (Wildman–Crippen LogP) is 2.03. The van der Waals surface area contributed by atoms with Crippen molar-refractivity contribution in [3.8, 4) is 0 Å². The molecule has 0 N–H and O–H groups in total. The molecule has 0 aliphatic carbocycles. The van der Waals surface area contributed by atoms with E-state index in [9.17, 15) is 9.59 Å². The van der Waals surface area contributed by atoms with Crippen LogP contribution in [0.4, 0.5) is 11.6 Å². The Labute approximate surface area is 169 Å². The van der Waals surface area contributed by atoms with Crippen LogP contribution in [0.2, 0.25) is 0 Å². The first-order chi connectivity index (χ1) is 13.9. The van der Waals surface area contributed by atoms with E-state index >= 15 is 0 Å². The molecule has 154 valence electrons. The van der Waals surface area contributed by atoms with Gasteiger partial charge in [0.25, 0.3) is 5.56 Å². The maximum absolute atomic E-state index is 13.2. The minimum Gasteiger partial charge on any atom is -0.380 e. The Morgan fingerprint density at radius 3 is 2.59 bits per heavy atom. The number of fused-ring (bicyclic) bond motifs is 3. The fraction of sp³-hybridized carbons (Fsp3) is 0.476. The Hall–Kier alpha value is -2.87. The summed E-state index contributed by atoms with van der Waals surface area (Å²) in [5.41, 5.74) is 2.44. The lowest BCUT2D eigenvalue weighted by Crippen LogP contribution is -2.41. The molecule has 0 bridgehead atoms. The number of rotatable bonds is 5. The van der Waals surface area contributed by atoms with Crippen LogP contribution in [0.15, 0.2) is 33.9 Å². The maximum Gasteiger partial charge on any atom is 0.332 e. The minimum atomic E-state index is -0.368. The number of hydrogen-bond donors (Lipinski definition) is 0. The van der Waals surface area contributed by atoms with Crippen molar-refractivity contribution < 1.29 is 4.74 Å². The first kappa shape index (κ1) is 19.4. The van der Waals surface area contributed by atoms with Crippen LogP contribution >= 0.6 is 0 Å². The van der Waals surface area contributed by atoms with Gasteiger partial charge in [-0.2, -0.15) is 4.98 Å². The van der Waals surface area contributed by atoms with Crippen LogP contribution in [-0.4, -0.2) is 38.4 Å². The van der Waals surface area contributed by atoms with Crippen molar-refractivity contribution in [1.82, 2.24) is 18.7 Å². The van der Waals surface area contributed by atoms with Gasteiger partial charge in [-0.3, -0.25) is 13.9 Å². The lowest BCUT2D eigenvalue weighted by molar-refractivity contribution is 0.137. The predicted molar refractivity (Wildman–Crippen MR) is 113 cm³/mol. The largest absolute Gasteiger partial charge is 0.380 e. The van der Waals surface area contributed by atoms with Crippen molar-refractivity contribution in [2.45, 2.75) is 33.9 Å². The number of hydrogen-bond acceptors (Lipinski definition) is 5. The Morgan fingerprint density at radius 2 is 1.90 bits per heavy atom. The lowest BCUT2D eigenvalue weighted by atomic mass is 10.1. The summed E-state index contributed by atoms with van der Waals surface area (Å²) >= 11 is 0. The summed E-state index contributed by atoms with van der Waals surface area (Å²) in [7, 11) is 1.67. The highest BCUT2D eigenvalue weighted by Gasteiger charge is 2.29.